The van der Waals surface area contributed by atoms with Gasteiger partial charge in [0, 0.05) is 48.2 Å². The molecule has 0 radical (unpaired) electrons. The van der Waals surface area contributed by atoms with Gasteiger partial charge < -0.3 is 4.74 Å². The molecule has 5 rings (SSSR count). The molecule has 38 heavy (non-hydrogen) atoms. The van der Waals surface area contributed by atoms with E-state index in [-0.39, 0.29) is 28.4 Å². The number of ether oxygens (including phenoxy) is 1. The molecule has 2 aromatic heterocycles. The first-order chi connectivity index (χ1) is 18.2. The highest BCUT2D eigenvalue weighted by Gasteiger charge is 2.26. The normalized spacial score (nSPS) is 15.5. The molecule has 0 saturated carbocycles. The molecule has 0 saturated heterocycles. The molecule has 0 fully saturated rings. The molecule has 4 aromatic rings. The molecule has 1 unspecified atom stereocenters. The smallest absolute Gasteiger partial charge is 0.264 e. The van der Waals surface area contributed by atoms with Gasteiger partial charge in [-0.3, -0.25) is 14.7 Å². The van der Waals surface area contributed by atoms with Gasteiger partial charge in [0.05, 0.1) is 10.6 Å². The highest BCUT2D eigenvalue weighted by atomic mass is 32.2. The van der Waals surface area contributed by atoms with Gasteiger partial charge in [-0.25, -0.2) is 18.1 Å². The van der Waals surface area contributed by atoms with Gasteiger partial charge in [-0.05, 0) is 55.8 Å². The maximum absolute atomic E-state index is 13.2. The van der Waals surface area contributed by atoms with Crippen LogP contribution in [0.5, 0.6) is 5.88 Å². The number of anilines is 1. The standard InChI is InChI=1S/C28H27N5O4S/c1-18-6-4-7-19(2)27(18)24-13-26(37-25-16-33(3)15-21-14-29-11-10-23(21)25)31-28(30-24)32-38(35,36)22-9-5-8-20(12-22)17-34/h4-14,17,25H,15-16H2,1-3H3,(H,30,31,32). The van der Waals surface area contributed by atoms with Gasteiger partial charge in [0.25, 0.3) is 10.0 Å². The van der Waals surface area contributed by atoms with Crippen molar-refractivity contribution in [3.63, 3.8) is 0 Å². The molecular weight excluding hydrogens is 502 g/mol. The lowest BCUT2D eigenvalue weighted by molar-refractivity contribution is 0.112. The number of nitrogens with one attached hydrogen (secondary N) is 1. The number of aromatic nitrogens is 3. The summed E-state index contributed by atoms with van der Waals surface area (Å²) in [5.74, 6) is 0.107. The van der Waals surface area contributed by atoms with Gasteiger partial charge in [-0.1, -0.05) is 30.3 Å². The summed E-state index contributed by atoms with van der Waals surface area (Å²) in [5, 5.41) is 0. The zero-order chi connectivity index (χ0) is 26.9. The van der Waals surface area contributed by atoms with Crippen molar-refractivity contribution in [2.45, 2.75) is 31.4 Å². The van der Waals surface area contributed by atoms with Crippen LogP contribution in [0.4, 0.5) is 5.95 Å². The monoisotopic (exact) mass is 529 g/mol. The van der Waals surface area contributed by atoms with Gasteiger partial charge in [0.1, 0.15) is 12.4 Å². The van der Waals surface area contributed by atoms with Crippen LogP contribution in [-0.2, 0) is 16.6 Å². The molecule has 0 spiro atoms. The largest absolute Gasteiger partial charge is 0.468 e. The number of fused-ring (bicyclic) bond motifs is 1. The lowest BCUT2D eigenvalue weighted by Gasteiger charge is -2.31. The second-order valence-corrected chi connectivity index (χ2v) is 11.0. The van der Waals surface area contributed by atoms with Gasteiger partial charge in [-0.2, -0.15) is 4.98 Å². The summed E-state index contributed by atoms with van der Waals surface area (Å²) in [5.41, 5.74) is 5.69. The van der Waals surface area contributed by atoms with E-state index in [1.807, 2.05) is 51.4 Å². The second kappa shape index (κ2) is 10.3. The van der Waals surface area contributed by atoms with Crippen LogP contribution in [0.1, 0.15) is 38.7 Å². The number of pyridine rings is 1. The van der Waals surface area contributed by atoms with Gasteiger partial charge in [-0.15, -0.1) is 0 Å². The van der Waals surface area contributed by atoms with Crippen molar-refractivity contribution in [1.29, 1.82) is 0 Å². The minimum atomic E-state index is -4.08. The number of carbonyl (C=O) groups excluding carboxylic acids is 1. The highest BCUT2D eigenvalue weighted by Crippen LogP contribution is 2.33. The van der Waals surface area contributed by atoms with E-state index in [1.54, 1.807) is 12.3 Å². The minimum absolute atomic E-state index is 0.0685. The number of carbonyl (C=O) groups is 1. The minimum Gasteiger partial charge on any atom is -0.468 e. The Hall–Kier alpha value is -4.15. The molecule has 1 aliphatic heterocycles. The summed E-state index contributed by atoms with van der Waals surface area (Å²) < 4.78 is 35.3. The average Bonchev–Trinajstić information content (AvgIpc) is 2.88. The van der Waals surface area contributed by atoms with Crippen LogP contribution in [0.25, 0.3) is 11.3 Å². The molecule has 1 atom stereocenters. The Morgan fingerprint density at radius 3 is 2.58 bits per heavy atom. The lowest BCUT2D eigenvalue weighted by atomic mass is 9.99. The molecule has 3 heterocycles. The number of rotatable bonds is 7. The summed E-state index contributed by atoms with van der Waals surface area (Å²) in [6, 6.07) is 15.3. The van der Waals surface area contributed by atoms with Gasteiger partial charge in [0.2, 0.25) is 11.8 Å². The number of hydrogen-bond acceptors (Lipinski definition) is 8. The fraction of sp³-hybridized carbons (Fsp3) is 0.214. The van der Waals surface area contributed by atoms with Crippen molar-refractivity contribution in [2.75, 3.05) is 18.3 Å². The number of likely N-dealkylation sites (N-methyl/N-ethyl adjacent to an activating group) is 1. The third kappa shape index (κ3) is 5.27. The Balaban J connectivity index is 1.58. The molecule has 0 aliphatic carbocycles. The quantitative estimate of drug-likeness (QED) is 0.352. The van der Waals surface area contributed by atoms with E-state index in [4.69, 9.17) is 4.74 Å². The van der Waals surface area contributed by atoms with Crippen LogP contribution in [0.2, 0.25) is 0 Å². The van der Waals surface area contributed by atoms with Crippen LogP contribution in [0.15, 0.2) is 71.9 Å². The zero-order valence-corrected chi connectivity index (χ0v) is 22.1. The van der Waals surface area contributed by atoms with Crippen molar-refractivity contribution < 1.29 is 17.9 Å². The third-order valence-corrected chi connectivity index (χ3v) is 7.76. The number of hydrogen-bond donors (Lipinski definition) is 1. The zero-order valence-electron chi connectivity index (χ0n) is 21.2. The van der Waals surface area contributed by atoms with Crippen molar-refractivity contribution in [3.8, 4) is 17.1 Å². The lowest BCUT2D eigenvalue weighted by Crippen LogP contribution is -2.33. The van der Waals surface area contributed by atoms with E-state index in [9.17, 15) is 13.2 Å². The van der Waals surface area contributed by atoms with E-state index >= 15 is 0 Å². The molecule has 10 heteroatoms. The van der Waals surface area contributed by atoms with E-state index < -0.39 is 10.0 Å². The summed E-state index contributed by atoms with van der Waals surface area (Å²) >= 11 is 0. The number of nitrogens with zero attached hydrogens (tertiary/aromatic N) is 4. The van der Waals surface area contributed by atoms with Crippen LogP contribution in [0, 0.1) is 13.8 Å². The maximum atomic E-state index is 13.2. The van der Waals surface area contributed by atoms with E-state index in [0.717, 1.165) is 34.4 Å². The van der Waals surface area contributed by atoms with Gasteiger partial charge in [0.15, 0.2) is 0 Å². The summed E-state index contributed by atoms with van der Waals surface area (Å²) in [7, 11) is -2.08. The van der Waals surface area contributed by atoms with Crippen LogP contribution in [-0.4, -0.2) is 48.1 Å². The number of sulfonamides is 1. The van der Waals surface area contributed by atoms with Gasteiger partial charge >= 0.3 is 0 Å². The van der Waals surface area contributed by atoms with E-state index in [0.29, 0.717) is 18.5 Å². The third-order valence-electron chi connectivity index (χ3n) is 6.44. The predicted molar refractivity (Wildman–Crippen MR) is 144 cm³/mol. The van der Waals surface area contributed by atoms with E-state index in [1.165, 1.54) is 24.3 Å². The first-order valence-corrected chi connectivity index (χ1v) is 13.5. The second-order valence-electron chi connectivity index (χ2n) is 9.36. The molecule has 0 amide bonds. The molecule has 194 valence electrons. The molecule has 1 N–H and O–H groups in total. The van der Waals surface area contributed by atoms with Crippen molar-refractivity contribution in [3.05, 3.63) is 94.8 Å². The van der Waals surface area contributed by atoms with Crippen molar-refractivity contribution in [1.82, 2.24) is 19.9 Å². The number of aryl methyl sites for hydroxylation is 2. The summed E-state index contributed by atoms with van der Waals surface area (Å²) in [6.45, 7) is 5.32. The Kier molecular flexibility index (Phi) is 6.92. The molecule has 2 aromatic carbocycles. The summed E-state index contributed by atoms with van der Waals surface area (Å²) in [6.07, 6.45) is 3.82. The highest BCUT2D eigenvalue weighted by molar-refractivity contribution is 7.92. The Bertz CT molecular complexity index is 1600. The SMILES string of the molecule is Cc1cccc(C)c1-c1cc(OC2CN(C)Cc3cnccc32)nc(NS(=O)(=O)c2cccc(C=O)c2)n1. The Labute approximate surface area is 221 Å². The Morgan fingerprint density at radius 2 is 1.82 bits per heavy atom. The Morgan fingerprint density at radius 1 is 1.05 bits per heavy atom. The molecule has 9 nitrogen and oxygen atoms in total. The first kappa shape index (κ1) is 25.5. The van der Waals surface area contributed by atoms with Crippen LogP contribution >= 0.6 is 0 Å². The predicted octanol–water partition coefficient (Wildman–Crippen LogP) is 4.33. The molecule has 1 aliphatic rings. The van der Waals surface area contributed by atoms with Crippen LogP contribution < -0.4 is 9.46 Å². The fourth-order valence-corrected chi connectivity index (χ4v) is 5.68. The average molecular weight is 530 g/mol. The number of benzene rings is 2. The topological polar surface area (TPSA) is 114 Å². The van der Waals surface area contributed by atoms with Crippen LogP contribution in [0.3, 0.4) is 0 Å². The van der Waals surface area contributed by atoms with Crippen molar-refractivity contribution >= 4 is 22.3 Å². The van der Waals surface area contributed by atoms with E-state index in [2.05, 4.69) is 24.6 Å². The molecule has 0 bridgehead atoms. The summed E-state index contributed by atoms with van der Waals surface area (Å²) in [4.78, 5) is 26.5. The van der Waals surface area contributed by atoms with Crippen molar-refractivity contribution in [2.24, 2.45) is 0 Å². The fourth-order valence-electron chi connectivity index (χ4n) is 4.68. The maximum Gasteiger partial charge on any atom is 0.264 e. The first-order valence-electron chi connectivity index (χ1n) is 12.1. The number of aldehydes is 1. The molecular formula is C28H27N5O4S.